The molecule has 0 radical (unpaired) electrons. The minimum absolute atomic E-state index is 0.0954. The molecule has 138 valence electrons. The molecule has 0 atom stereocenters. The number of rotatable bonds is 4. The third kappa shape index (κ3) is 3.40. The van der Waals surface area contributed by atoms with Gasteiger partial charge in [0.2, 0.25) is 5.75 Å². The zero-order chi connectivity index (χ0) is 19.7. The molecule has 2 N–H and O–H groups in total. The summed E-state index contributed by atoms with van der Waals surface area (Å²) in [6, 6.07) is 7.87. The Hall–Kier alpha value is -3.59. The molecule has 0 bridgehead atoms. The molecule has 1 saturated heterocycles. The molecule has 3 rings (SSSR count). The van der Waals surface area contributed by atoms with Crippen molar-refractivity contribution in [3.8, 4) is 11.5 Å². The number of imide groups is 1. The van der Waals surface area contributed by atoms with Gasteiger partial charge in [0, 0.05) is 11.1 Å². The number of halogens is 1. The molecule has 9 nitrogen and oxygen atoms in total. The summed E-state index contributed by atoms with van der Waals surface area (Å²) in [5.74, 6) is -1.43. The van der Waals surface area contributed by atoms with Crippen molar-refractivity contribution in [1.29, 1.82) is 0 Å². The number of amides is 3. The number of hydrogen-bond donors (Lipinski definition) is 2. The fourth-order valence-electron chi connectivity index (χ4n) is 2.54. The Kier molecular flexibility index (Phi) is 4.70. The predicted molar refractivity (Wildman–Crippen MR) is 96.8 cm³/mol. The third-order valence-corrected chi connectivity index (χ3v) is 3.98. The quantitative estimate of drug-likeness (QED) is 0.358. The van der Waals surface area contributed by atoms with Gasteiger partial charge in [-0.2, -0.15) is 0 Å². The zero-order valence-corrected chi connectivity index (χ0v) is 14.6. The third-order valence-electron chi connectivity index (χ3n) is 3.75. The van der Waals surface area contributed by atoms with Crippen molar-refractivity contribution in [2.45, 2.75) is 0 Å². The molecular formula is C17H12ClN3O6. The molecule has 2 aromatic rings. The van der Waals surface area contributed by atoms with Crippen molar-refractivity contribution in [3.05, 3.63) is 62.8 Å². The standard InChI is InChI=1S/C17H12ClN3O6/c1-27-14-7-9(6-13(15(14)22)21(25)26)5-12-16(23)20(17(24)19-12)11-4-2-3-10(18)8-11/h2-8,22H,1H3,(H,19,24)/b12-5-. The average molecular weight is 390 g/mol. The van der Waals surface area contributed by atoms with Crippen LogP contribution in [0.25, 0.3) is 6.08 Å². The first kappa shape index (κ1) is 18.2. The molecule has 10 heteroatoms. The summed E-state index contributed by atoms with van der Waals surface area (Å²) >= 11 is 5.89. The fraction of sp³-hybridized carbons (Fsp3) is 0.0588. The molecule has 3 amide bonds. The largest absolute Gasteiger partial charge is 0.500 e. The summed E-state index contributed by atoms with van der Waals surface area (Å²) < 4.78 is 4.91. The van der Waals surface area contributed by atoms with E-state index in [2.05, 4.69) is 5.32 Å². The molecule has 2 aromatic carbocycles. The number of phenols is 1. The Morgan fingerprint density at radius 1 is 1.30 bits per heavy atom. The van der Waals surface area contributed by atoms with Gasteiger partial charge >= 0.3 is 11.7 Å². The lowest BCUT2D eigenvalue weighted by Gasteiger charge is -2.11. The highest BCUT2D eigenvalue weighted by atomic mass is 35.5. The van der Waals surface area contributed by atoms with Crippen molar-refractivity contribution in [3.63, 3.8) is 0 Å². The predicted octanol–water partition coefficient (Wildman–Crippen LogP) is 3.06. The van der Waals surface area contributed by atoms with Crippen LogP contribution in [0.1, 0.15) is 5.56 Å². The Balaban J connectivity index is 2.01. The van der Waals surface area contributed by atoms with E-state index in [0.717, 1.165) is 11.0 Å². The summed E-state index contributed by atoms with van der Waals surface area (Å²) in [5, 5.41) is 23.6. The molecule has 0 aliphatic carbocycles. The van der Waals surface area contributed by atoms with Gasteiger partial charge in [-0.25, -0.2) is 9.69 Å². The number of carbonyl (C=O) groups is 2. The summed E-state index contributed by atoms with van der Waals surface area (Å²) in [6.07, 6.45) is 1.25. The average Bonchev–Trinajstić information content (AvgIpc) is 2.89. The number of carbonyl (C=O) groups excluding carboxylic acids is 2. The number of urea groups is 1. The van der Waals surface area contributed by atoms with E-state index in [-0.39, 0.29) is 22.7 Å². The van der Waals surface area contributed by atoms with Gasteiger partial charge in [-0.15, -0.1) is 0 Å². The SMILES string of the molecule is COc1cc(/C=C2\NC(=O)N(c3cccc(Cl)c3)C2=O)cc([N+](=O)[O-])c1O. The molecular weight excluding hydrogens is 378 g/mol. The number of methoxy groups -OCH3 is 1. The van der Waals surface area contributed by atoms with Gasteiger partial charge in [-0.3, -0.25) is 14.9 Å². The maximum absolute atomic E-state index is 12.6. The summed E-state index contributed by atoms with van der Waals surface area (Å²) in [6.45, 7) is 0. The number of phenolic OH excluding ortho intramolecular Hbond substituents is 1. The van der Waals surface area contributed by atoms with Gasteiger partial charge < -0.3 is 15.2 Å². The lowest BCUT2D eigenvalue weighted by molar-refractivity contribution is -0.386. The molecule has 1 heterocycles. The van der Waals surface area contributed by atoms with E-state index in [1.165, 1.54) is 25.3 Å². The molecule has 1 aliphatic heterocycles. The van der Waals surface area contributed by atoms with Crippen molar-refractivity contribution < 1.29 is 24.4 Å². The number of nitro benzene ring substituents is 1. The van der Waals surface area contributed by atoms with Crippen LogP contribution in [0, 0.1) is 10.1 Å². The second kappa shape index (κ2) is 6.96. The first-order valence-electron chi connectivity index (χ1n) is 7.50. The molecule has 1 fully saturated rings. The topological polar surface area (TPSA) is 122 Å². The molecule has 0 unspecified atom stereocenters. The zero-order valence-electron chi connectivity index (χ0n) is 13.8. The maximum atomic E-state index is 12.6. The molecule has 0 spiro atoms. The first-order chi connectivity index (χ1) is 12.8. The van der Waals surface area contributed by atoms with Crippen LogP contribution in [0.5, 0.6) is 11.5 Å². The monoisotopic (exact) mass is 389 g/mol. The lowest BCUT2D eigenvalue weighted by atomic mass is 10.1. The number of nitro groups is 1. The van der Waals surface area contributed by atoms with E-state index in [9.17, 15) is 24.8 Å². The van der Waals surface area contributed by atoms with Crippen LogP contribution in [0.3, 0.4) is 0 Å². The summed E-state index contributed by atoms with van der Waals surface area (Å²) in [4.78, 5) is 36.0. The van der Waals surface area contributed by atoms with Gasteiger partial charge in [0.25, 0.3) is 5.91 Å². The Morgan fingerprint density at radius 3 is 2.67 bits per heavy atom. The van der Waals surface area contributed by atoms with Crippen LogP contribution in [0.2, 0.25) is 5.02 Å². The van der Waals surface area contributed by atoms with Crippen LogP contribution < -0.4 is 15.0 Å². The highest BCUT2D eigenvalue weighted by molar-refractivity contribution is 6.32. The minimum atomic E-state index is -0.785. The van der Waals surface area contributed by atoms with Gasteiger partial charge in [0.05, 0.1) is 17.7 Å². The van der Waals surface area contributed by atoms with Gasteiger partial charge in [-0.05, 0) is 35.9 Å². The van der Waals surface area contributed by atoms with Crippen LogP contribution in [-0.4, -0.2) is 29.1 Å². The maximum Gasteiger partial charge on any atom is 0.333 e. The van der Waals surface area contributed by atoms with E-state index in [1.54, 1.807) is 18.2 Å². The van der Waals surface area contributed by atoms with E-state index < -0.39 is 28.3 Å². The Labute approximate surface area is 157 Å². The number of anilines is 1. The number of aromatic hydroxyl groups is 1. The normalized spacial score (nSPS) is 15.2. The molecule has 0 aromatic heterocycles. The van der Waals surface area contributed by atoms with Gasteiger partial charge in [0.1, 0.15) is 5.70 Å². The van der Waals surface area contributed by atoms with E-state index in [4.69, 9.17) is 16.3 Å². The molecule has 0 saturated carbocycles. The first-order valence-corrected chi connectivity index (χ1v) is 7.87. The number of nitrogens with one attached hydrogen (secondary N) is 1. The number of hydrogen-bond acceptors (Lipinski definition) is 6. The van der Waals surface area contributed by atoms with Gasteiger partial charge in [0.15, 0.2) is 5.75 Å². The van der Waals surface area contributed by atoms with Crippen LogP contribution in [0.15, 0.2) is 42.1 Å². The summed E-state index contributed by atoms with van der Waals surface area (Å²) in [7, 11) is 1.24. The van der Waals surface area contributed by atoms with E-state index in [0.29, 0.717) is 5.02 Å². The minimum Gasteiger partial charge on any atom is -0.500 e. The fourth-order valence-corrected chi connectivity index (χ4v) is 2.73. The van der Waals surface area contributed by atoms with E-state index in [1.807, 2.05) is 0 Å². The van der Waals surface area contributed by atoms with Crippen molar-refractivity contribution in [2.24, 2.45) is 0 Å². The van der Waals surface area contributed by atoms with Crippen molar-refractivity contribution in [2.75, 3.05) is 12.0 Å². The van der Waals surface area contributed by atoms with Crippen LogP contribution >= 0.6 is 11.6 Å². The second-order valence-corrected chi connectivity index (χ2v) is 5.89. The summed E-state index contributed by atoms with van der Waals surface area (Å²) in [5.41, 5.74) is -0.220. The molecule has 1 aliphatic rings. The number of nitrogens with zero attached hydrogens (tertiary/aromatic N) is 2. The smallest absolute Gasteiger partial charge is 0.333 e. The van der Waals surface area contributed by atoms with Crippen molar-refractivity contribution >= 4 is 41.0 Å². The number of ether oxygens (including phenoxy) is 1. The van der Waals surface area contributed by atoms with Gasteiger partial charge in [-0.1, -0.05) is 17.7 Å². The Bertz CT molecular complexity index is 1000. The highest BCUT2D eigenvalue weighted by Crippen LogP contribution is 2.37. The Morgan fingerprint density at radius 2 is 2.04 bits per heavy atom. The van der Waals surface area contributed by atoms with E-state index >= 15 is 0 Å². The van der Waals surface area contributed by atoms with Crippen LogP contribution in [0.4, 0.5) is 16.2 Å². The van der Waals surface area contributed by atoms with Crippen LogP contribution in [-0.2, 0) is 4.79 Å². The highest BCUT2D eigenvalue weighted by Gasteiger charge is 2.35. The second-order valence-electron chi connectivity index (χ2n) is 5.46. The number of benzene rings is 2. The lowest BCUT2D eigenvalue weighted by Crippen LogP contribution is -2.30. The van der Waals surface area contributed by atoms with Crippen molar-refractivity contribution in [1.82, 2.24) is 5.32 Å². The molecule has 27 heavy (non-hydrogen) atoms.